The highest BCUT2D eigenvalue weighted by Gasteiger charge is 2.25. The first-order chi connectivity index (χ1) is 9.99. The van der Waals surface area contributed by atoms with E-state index in [1.54, 1.807) is 4.31 Å². The molecule has 1 atom stereocenters. The normalized spacial score (nSPS) is 20.8. The summed E-state index contributed by atoms with van der Waals surface area (Å²) in [7, 11) is -3.06. The molecule has 1 N–H and O–H groups in total. The number of piperidine rings is 1. The first-order valence-corrected chi connectivity index (χ1v) is 9.50. The number of hydrogen-bond donors (Lipinski definition) is 1. The minimum absolute atomic E-state index is 0.374. The molecule has 120 valence electrons. The van der Waals surface area contributed by atoms with E-state index in [-0.39, 0.29) is 0 Å². The molecule has 2 rings (SSSR count). The monoisotopic (exact) mass is 314 g/mol. The van der Waals surface area contributed by atoms with Gasteiger partial charge >= 0.3 is 0 Å². The summed E-state index contributed by atoms with van der Waals surface area (Å²) in [5.41, 5.74) is 1.04. The summed E-state index contributed by atoms with van der Waals surface area (Å²) in [6.45, 7) is 6.06. The van der Waals surface area contributed by atoms with Gasteiger partial charge in [-0.2, -0.15) is 0 Å². The molecule has 0 bridgehead atoms. The van der Waals surface area contributed by atoms with Gasteiger partial charge in [-0.05, 0) is 31.7 Å². The van der Waals surface area contributed by atoms with E-state index in [0.717, 1.165) is 44.6 Å². The summed E-state index contributed by atoms with van der Waals surface area (Å²) in [6, 6.07) is 0. The molecule has 0 amide bonds. The van der Waals surface area contributed by atoms with Crippen LogP contribution < -0.4 is 5.32 Å². The van der Waals surface area contributed by atoms with Gasteiger partial charge in [0, 0.05) is 32.4 Å². The van der Waals surface area contributed by atoms with Gasteiger partial charge in [-0.25, -0.2) is 17.7 Å². The van der Waals surface area contributed by atoms with E-state index >= 15 is 0 Å². The van der Waals surface area contributed by atoms with Gasteiger partial charge in [-0.15, -0.1) is 0 Å². The van der Waals surface area contributed by atoms with Gasteiger partial charge in [0.1, 0.15) is 0 Å². The molecule has 0 aromatic carbocycles. The third kappa shape index (κ3) is 5.09. The van der Waals surface area contributed by atoms with E-state index in [0.29, 0.717) is 19.0 Å². The van der Waals surface area contributed by atoms with E-state index in [1.165, 1.54) is 6.26 Å². The van der Waals surface area contributed by atoms with Crippen LogP contribution in [0.3, 0.4) is 0 Å². The van der Waals surface area contributed by atoms with Crippen LogP contribution in [0, 0.1) is 5.92 Å². The quantitative estimate of drug-likeness (QED) is 0.764. The Labute approximate surface area is 127 Å². The second kappa shape index (κ2) is 7.38. The number of hydrogen-bond acceptors (Lipinski definition) is 4. The van der Waals surface area contributed by atoms with Gasteiger partial charge in [-0.3, -0.25) is 0 Å². The average Bonchev–Trinajstić information content (AvgIpc) is 2.86. The van der Waals surface area contributed by atoms with Crippen LogP contribution in [0.5, 0.6) is 0 Å². The predicted molar refractivity (Wildman–Crippen MR) is 83.4 cm³/mol. The molecular weight excluding hydrogens is 288 g/mol. The van der Waals surface area contributed by atoms with E-state index in [2.05, 4.69) is 28.0 Å². The zero-order valence-electron chi connectivity index (χ0n) is 13.0. The third-order valence-corrected chi connectivity index (χ3v) is 5.11. The lowest BCUT2D eigenvalue weighted by atomic mass is 10.00. The van der Waals surface area contributed by atoms with Crippen molar-refractivity contribution in [2.24, 2.45) is 5.92 Å². The number of nitrogens with zero attached hydrogens (tertiary/aromatic N) is 3. The van der Waals surface area contributed by atoms with Crippen molar-refractivity contribution >= 4 is 10.0 Å². The van der Waals surface area contributed by atoms with Crippen LogP contribution in [0.25, 0.3) is 0 Å². The van der Waals surface area contributed by atoms with Crippen molar-refractivity contribution in [1.29, 1.82) is 0 Å². The van der Waals surface area contributed by atoms with Gasteiger partial charge in [-0.1, -0.05) is 6.92 Å². The molecule has 1 aliphatic rings. The van der Waals surface area contributed by atoms with Crippen LogP contribution in [0.1, 0.15) is 31.9 Å². The van der Waals surface area contributed by atoms with Crippen LogP contribution in [-0.4, -0.2) is 48.2 Å². The fourth-order valence-electron chi connectivity index (χ4n) is 2.77. The zero-order chi connectivity index (χ0) is 15.3. The second-order valence-electron chi connectivity index (χ2n) is 5.87. The Hall–Kier alpha value is -0.920. The highest BCUT2D eigenvalue weighted by molar-refractivity contribution is 7.88. The van der Waals surface area contributed by atoms with E-state index in [4.69, 9.17) is 0 Å². The molecule has 2 heterocycles. The molecule has 6 nitrogen and oxygen atoms in total. The van der Waals surface area contributed by atoms with Gasteiger partial charge < -0.3 is 9.88 Å². The van der Waals surface area contributed by atoms with Crippen LogP contribution in [0.2, 0.25) is 0 Å². The number of sulfonamides is 1. The Bertz CT molecular complexity index is 541. The van der Waals surface area contributed by atoms with Crippen molar-refractivity contribution in [3.05, 3.63) is 18.2 Å². The van der Waals surface area contributed by atoms with Gasteiger partial charge in [0.05, 0.1) is 18.3 Å². The largest absolute Gasteiger partial charge is 0.337 e. The van der Waals surface area contributed by atoms with Crippen molar-refractivity contribution in [2.75, 3.05) is 25.9 Å². The van der Waals surface area contributed by atoms with Crippen LogP contribution in [0.15, 0.2) is 12.5 Å². The summed E-state index contributed by atoms with van der Waals surface area (Å²) in [6.07, 6.45) is 8.34. The molecular formula is C14H26N4O2S. The molecule has 0 saturated carbocycles. The average molecular weight is 314 g/mol. The van der Waals surface area contributed by atoms with Crippen molar-refractivity contribution in [3.8, 4) is 0 Å². The van der Waals surface area contributed by atoms with Gasteiger partial charge in [0.2, 0.25) is 10.0 Å². The summed E-state index contributed by atoms with van der Waals surface area (Å²) >= 11 is 0. The summed E-state index contributed by atoms with van der Waals surface area (Å²) in [4.78, 5) is 4.39. The molecule has 1 saturated heterocycles. The number of nitrogens with one attached hydrogen (secondary N) is 1. The third-order valence-electron chi connectivity index (χ3n) is 3.84. The number of rotatable bonds is 7. The van der Waals surface area contributed by atoms with Gasteiger partial charge in [0.15, 0.2) is 0 Å². The molecule has 0 radical (unpaired) electrons. The number of aromatic nitrogens is 2. The lowest BCUT2D eigenvalue weighted by Crippen LogP contribution is -2.40. The van der Waals surface area contributed by atoms with Gasteiger partial charge in [0.25, 0.3) is 0 Å². The Morgan fingerprint density at radius 1 is 1.48 bits per heavy atom. The van der Waals surface area contributed by atoms with E-state index in [9.17, 15) is 8.42 Å². The summed E-state index contributed by atoms with van der Waals surface area (Å²) < 4.78 is 26.9. The molecule has 1 aromatic rings. The minimum Gasteiger partial charge on any atom is -0.337 e. The molecule has 0 aliphatic carbocycles. The van der Waals surface area contributed by atoms with Crippen LogP contribution in [0.4, 0.5) is 0 Å². The Balaban J connectivity index is 1.86. The lowest BCUT2D eigenvalue weighted by molar-refractivity contribution is 0.246. The maximum absolute atomic E-state index is 11.6. The smallest absolute Gasteiger partial charge is 0.211 e. The highest BCUT2D eigenvalue weighted by Crippen LogP contribution is 2.20. The van der Waals surface area contributed by atoms with Crippen molar-refractivity contribution in [3.63, 3.8) is 0 Å². The molecule has 1 fully saturated rings. The first kappa shape index (κ1) is 16.5. The van der Waals surface area contributed by atoms with Crippen molar-refractivity contribution in [1.82, 2.24) is 19.2 Å². The molecule has 0 spiro atoms. The molecule has 1 unspecified atom stereocenters. The maximum atomic E-state index is 11.6. The molecule has 1 aromatic heterocycles. The highest BCUT2D eigenvalue weighted by atomic mass is 32.2. The SMILES string of the molecule is CCCNCc1cn(CC2CCCN(S(C)(=O)=O)C2)cn1. The topological polar surface area (TPSA) is 67.2 Å². The fraction of sp³-hybridized carbons (Fsp3) is 0.786. The van der Waals surface area contributed by atoms with E-state index < -0.39 is 10.0 Å². The Kier molecular flexibility index (Phi) is 5.78. The summed E-state index contributed by atoms with van der Waals surface area (Å²) in [5.74, 6) is 0.374. The van der Waals surface area contributed by atoms with Crippen LogP contribution >= 0.6 is 0 Å². The van der Waals surface area contributed by atoms with Crippen LogP contribution in [-0.2, 0) is 23.1 Å². The lowest BCUT2D eigenvalue weighted by Gasteiger charge is -2.31. The predicted octanol–water partition coefficient (Wildman–Crippen LogP) is 1.05. The molecule has 21 heavy (non-hydrogen) atoms. The number of imidazole rings is 1. The second-order valence-corrected chi connectivity index (χ2v) is 7.85. The molecule has 1 aliphatic heterocycles. The first-order valence-electron chi connectivity index (χ1n) is 7.65. The fourth-order valence-corrected chi connectivity index (χ4v) is 3.71. The van der Waals surface area contributed by atoms with Crippen molar-refractivity contribution in [2.45, 2.75) is 39.3 Å². The van der Waals surface area contributed by atoms with Crippen molar-refractivity contribution < 1.29 is 8.42 Å². The zero-order valence-corrected chi connectivity index (χ0v) is 13.8. The summed E-state index contributed by atoms with van der Waals surface area (Å²) in [5, 5.41) is 3.33. The Morgan fingerprint density at radius 2 is 2.29 bits per heavy atom. The molecule has 7 heteroatoms. The maximum Gasteiger partial charge on any atom is 0.211 e. The van der Waals surface area contributed by atoms with E-state index in [1.807, 2.05) is 6.33 Å². The minimum atomic E-state index is -3.06. The standard InChI is InChI=1S/C14H26N4O2S/c1-3-6-15-8-14-11-17(12-16-14)9-13-5-4-7-18(10-13)21(2,19)20/h11-13,15H,3-10H2,1-2H3. The Morgan fingerprint density at radius 3 is 3.00 bits per heavy atom.